The fourth-order valence-electron chi connectivity index (χ4n) is 1.64. The maximum atomic E-state index is 12.0. The summed E-state index contributed by atoms with van der Waals surface area (Å²) in [6.45, 7) is 15.4. The van der Waals surface area contributed by atoms with E-state index in [1.807, 2.05) is 48.5 Å². The van der Waals surface area contributed by atoms with E-state index in [-0.39, 0.29) is 12.0 Å². The maximum Gasteiger partial charge on any atom is 0.323 e. The molecule has 2 amide bonds. The van der Waals surface area contributed by atoms with E-state index in [0.717, 1.165) is 24.9 Å². The Hall–Kier alpha value is -1.85. The van der Waals surface area contributed by atoms with Crippen LogP contribution in [-0.4, -0.2) is 34.0 Å². The molecule has 22 heavy (non-hydrogen) atoms. The predicted molar refractivity (Wildman–Crippen MR) is 95.1 cm³/mol. The van der Waals surface area contributed by atoms with Crippen molar-refractivity contribution in [1.82, 2.24) is 14.9 Å². The average molecular weight is 311 g/mol. The number of amides is 2. The second-order valence-corrected chi connectivity index (χ2v) is 3.97. The largest absolute Gasteiger partial charge is 0.368 e. The van der Waals surface area contributed by atoms with Crippen molar-refractivity contribution in [1.29, 1.82) is 0 Å². The quantitative estimate of drug-likeness (QED) is 0.862. The van der Waals surface area contributed by atoms with E-state index in [4.69, 9.17) is 5.73 Å². The third-order valence-corrected chi connectivity index (χ3v) is 2.65. The van der Waals surface area contributed by atoms with Crippen LogP contribution in [0, 0.1) is 0 Å². The molecule has 0 spiro atoms. The molecule has 0 saturated carbocycles. The first-order chi connectivity index (χ1) is 10.6. The number of urea groups is 1. The molecule has 0 atom stereocenters. The van der Waals surface area contributed by atoms with Crippen LogP contribution in [-0.2, 0) is 6.42 Å². The molecule has 3 N–H and O–H groups in total. The first-order valence-corrected chi connectivity index (χ1v) is 8.29. The van der Waals surface area contributed by atoms with Gasteiger partial charge in [0.2, 0.25) is 5.95 Å². The zero-order valence-electron chi connectivity index (χ0n) is 15.2. The van der Waals surface area contributed by atoms with Gasteiger partial charge in [0.1, 0.15) is 5.82 Å². The molecule has 6 nitrogen and oxygen atoms in total. The SMILES string of the molecule is CC.CC.CCCN(CC)C(=O)Nc1nc(N)ncc1CC. The Kier molecular flexibility index (Phi) is 14.4. The number of hydrogen-bond donors (Lipinski definition) is 2. The molecule has 0 aliphatic carbocycles. The highest BCUT2D eigenvalue weighted by Crippen LogP contribution is 2.13. The first-order valence-electron chi connectivity index (χ1n) is 8.29. The number of aryl methyl sites for hydroxylation is 1. The van der Waals surface area contributed by atoms with E-state index in [1.165, 1.54) is 0 Å². The first kappa shape index (κ1) is 22.4. The minimum atomic E-state index is -0.146. The number of rotatable bonds is 5. The number of nitrogens with two attached hydrogens (primary N) is 1. The highest BCUT2D eigenvalue weighted by molar-refractivity contribution is 5.89. The van der Waals surface area contributed by atoms with Crippen LogP contribution in [0.5, 0.6) is 0 Å². The predicted octanol–water partition coefficient (Wildman–Crippen LogP) is 3.94. The van der Waals surface area contributed by atoms with Crippen LogP contribution in [0.4, 0.5) is 16.6 Å². The van der Waals surface area contributed by atoms with E-state index in [2.05, 4.69) is 15.3 Å². The van der Waals surface area contributed by atoms with Crippen LogP contribution in [0.3, 0.4) is 0 Å². The van der Waals surface area contributed by atoms with Gasteiger partial charge >= 0.3 is 6.03 Å². The summed E-state index contributed by atoms with van der Waals surface area (Å²) < 4.78 is 0. The molecule has 0 fully saturated rings. The second-order valence-electron chi connectivity index (χ2n) is 3.97. The molecule has 1 heterocycles. The maximum absolute atomic E-state index is 12.0. The standard InChI is InChI=1S/C12H21N5O.2C2H6/c1-4-7-17(6-3)12(18)16-10-9(5-2)8-14-11(13)15-10;2*1-2/h8H,4-7H2,1-3H3,(H3,13,14,15,16,18);2*1-2H3. The van der Waals surface area contributed by atoms with Crippen LogP contribution >= 0.6 is 0 Å². The lowest BCUT2D eigenvalue weighted by Crippen LogP contribution is -2.35. The molecule has 0 bridgehead atoms. The zero-order valence-corrected chi connectivity index (χ0v) is 15.2. The molecule has 6 heteroatoms. The summed E-state index contributed by atoms with van der Waals surface area (Å²) in [5.41, 5.74) is 6.42. The van der Waals surface area contributed by atoms with Crippen LogP contribution in [0.2, 0.25) is 0 Å². The lowest BCUT2D eigenvalue weighted by molar-refractivity contribution is 0.214. The third-order valence-electron chi connectivity index (χ3n) is 2.65. The summed E-state index contributed by atoms with van der Waals surface area (Å²) in [4.78, 5) is 21.8. The number of carbonyl (C=O) groups excluding carboxylic acids is 1. The van der Waals surface area contributed by atoms with Crippen molar-refractivity contribution in [2.45, 2.75) is 61.3 Å². The monoisotopic (exact) mass is 311 g/mol. The summed E-state index contributed by atoms with van der Waals surface area (Å²) in [5.74, 6) is 0.672. The van der Waals surface area contributed by atoms with Crippen LogP contribution in [0.1, 0.15) is 60.5 Å². The second kappa shape index (κ2) is 14.1. The number of nitrogen functional groups attached to an aromatic ring is 1. The summed E-state index contributed by atoms with van der Waals surface area (Å²) in [5, 5.41) is 2.79. The molecule has 0 saturated heterocycles. The van der Waals surface area contributed by atoms with Gasteiger partial charge in [-0.1, -0.05) is 41.5 Å². The fraction of sp³-hybridized carbons (Fsp3) is 0.688. The van der Waals surface area contributed by atoms with Crippen molar-refractivity contribution >= 4 is 17.8 Å². The van der Waals surface area contributed by atoms with E-state index in [9.17, 15) is 4.79 Å². The van der Waals surface area contributed by atoms with Crippen LogP contribution < -0.4 is 11.1 Å². The molecule has 0 aliphatic heterocycles. The Balaban J connectivity index is 0. The minimum absolute atomic E-state index is 0.146. The summed E-state index contributed by atoms with van der Waals surface area (Å²) in [7, 11) is 0. The van der Waals surface area contributed by atoms with Gasteiger partial charge in [-0.05, 0) is 19.8 Å². The van der Waals surface area contributed by atoms with Crippen molar-refractivity contribution in [2.75, 3.05) is 24.1 Å². The number of hydrogen-bond acceptors (Lipinski definition) is 4. The van der Waals surface area contributed by atoms with E-state index < -0.39 is 0 Å². The van der Waals surface area contributed by atoms with E-state index in [0.29, 0.717) is 12.4 Å². The van der Waals surface area contributed by atoms with E-state index >= 15 is 0 Å². The molecule has 0 aromatic carbocycles. The van der Waals surface area contributed by atoms with Crippen LogP contribution in [0.15, 0.2) is 6.20 Å². The number of aromatic nitrogens is 2. The number of carbonyl (C=O) groups is 1. The molecule has 1 rings (SSSR count). The Morgan fingerprint density at radius 3 is 2.27 bits per heavy atom. The third kappa shape index (κ3) is 7.81. The normalized spacial score (nSPS) is 8.86. The highest BCUT2D eigenvalue weighted by Gasteiger charge is 2.13. The smallest absolute Gasteiger partial charge is 0.323 e. The Labute approximate surface area is 135 Å². The molecule has 1 aromatic heterocycles. The van der Waals surface area contributed by atoms with Crippen molar-refractivity contribution in [3.63, 3.8) is 0 Å². The molecule has 1 aromatic rings. The molecular formula is C16H33N5O. The molecular weight excluding hydrogens is 278 g/mol. The molecule has 0 aliphatic rings. The number of anilines is 2. The fourth-order valence-corrected chi connectivity index (χ4v) is 1.64. The van der Waals surface area contributed by atoms with Gasteiger partial charge in [-0.2, -0.15) is 4.98 Å². The van der Waals surface area contributed by atoms with Crippen molar-refractivity contribution in [2.24, 2.45) is 0 Å². The Bertz CT molecular complexity index is 410. The minimum Gasteiger partial charge on any atom is -0.368 e. The highest BCUT2D eigenvalue weighted by atomic mass is 16.2. The van der Waals surface area contributed by atoms with Crippen LogP contribution in [0.25, 0.3) is 0 Å². The number of nitrogens with one attached hydrogen (secondary N) is 1. The van der Waals surface area contributed by atoms with Gasteiger partial charge in [0.15, 0.2) is 0 Å². The van der Waals surface area contributed by atoms with Gasteiger partial charge < -0.3 is 10.6 Å². The zero-order chi connectivity index (χ0) is 17.5. The number of nitrogens with zero attached hydrogens (tertiary/aromatic N) is 3. The van der Waals surface area contributed by atoms with Crippen molar-refractivity contribution < 1.29 is 4.79 Å². The van der Waals surface area contributed by atoms with E-state index in [1.54, 1.807) is 11.1 Å². The topological polar surface area (TPSA) is 84.1 Å². The van der Waals surface area contributed by atoms with Gasteiger partial charge in [0.25, 0.3) is 0 Å². The van der Waals surface area contributed by atoms with Gasteiger partial charge in [0.05, 0.1) is 0 Å². The Morgan fingerprint density at radius 1 is 1.23 bits per heavy atom. The van der Waals surface area contributed by atoms with Crippen molar-refractivity contribution in [3.8, 4) is 0 Å². The lowest BCUT2D eigenvalue weighted by Gasteiger charge is -2.21. The van der Waals surface area contributed by atoms with Gasteiger partial charge in [0, 0.05) is 24.8 Å². The molecule has 128 valence electrons. The Morgan fingerprint density at radius 2 is 1.82 bits per heavy atom. The van der Waals surface area contributed by atoms with Crippen molar-refractivity contribution in [3.05, 3.63) is 11.8 Å². The van der Waals surface area contributed by atoms with Gasteiger partial charge in [-0.3, -0.25) is 5.32 Å². The van der Waals surface area contributed by atoms with Gasteiger partial charge in [-0.15, -0.1) is 0 Å². The van der Waals surface area contributed by atoms with Gasteiger partial charge in [-0.25, -0.2) is 9.78 Å². The summed E-state index contributed by atoms with van der Waals surface area (Å²) in [6.07, 6.45) is 3.32. The summed E-state index contributed by atoms with van der Waals surface area (Å²) >= 11 is 0. The molecule has 0 radical (unpaired) electrons. The lowest BCUT2D eigenvalue weighted by atomic mass is 10.2. The average Bonchev–Trinajstić information content (AvgIpc) is 2.56. The molecule has 0 unspecified atom stereocenters. The summed E-state index contributed by atoms with van der Waals surface area (Å²) in [6, 6.07) is -0.146.